The molecular formula is C20H18Cl2N2. The highest BCUT2D eigenvalue weighted by Gasteiger charge is 2.12. The Morgan fingerprint density at radius 1 is 0.500 bits per heavy atom. The number of nitrogens with zero attached hydrogens (tertiary/aromatic N) is 2. The van der Waals surface area contributed by atoms with E-state index in [-0.39, 0.29) is 24.8 Å². The molecule has 0 N–H and O–H groups in total. The Labute approximate surface area is 154 Å². The van der Waals surface area contributed by atoms with Crippen molar-refractivity contribution < 1.29 is 33.9 Å². The van der Waals surface area contributed by atoms with Crippen molar-refractivity contribution in [3.8, 4) is 0 Å². The predicted octanol–water partition coefficient (Wildman–Crippen LogP) is -2.72. The normalized spacial score (nSPS) is 10.2. The molecule has 2 aromatic heterocycles. The molecule has 4 heteroatoms. The zero-order valence-electron chi connectivity index (χ0n) is 13.1. The molecule has 0 amide bonds. The average Bonchev–Trinajstić information content (AvgIpc) is 2.60. The van der Waals surface area contributed by atoms with Crippen molar-refractivity contribution >= 4 is 21.8 Å². The Morgan fingerprint density at radius 2 is 0.875 bits per heavy atom. The Hall–Kier alpha value is -2.16. The van der Waals surface area contributed by atoms with Crippen LogP contribution in [0.25, 0.3) is 21.8 Å². The van der Waals surface area contributed by atoms with Crippen molar-refractivity contribution in [3.63, 3.8) is 0 Å². The minimum absolute atomic E-state index is 0. The van der Waals surface area contributed by atoms with Crippen LogP contribution in [0.15, 0.2) is 85.2 Å². The number of aryl methyl sites for hydroxylation is 2. The first-order chi connectivity index (χ1) is 10.9. The third-order valence-electron chi connectivity index (χ3n) is 4.16. The van der Waals surface area contributed by atoms with E-state index in [0.717, 1.165) is 13.1 Å². The van der Waals surface area contributed by atoms with Crippen molar-refractivity contribution in [1.29, 1.82) is 0 Å². The lowest BCUT2D eigenvalue weighted by Crippen LogP contribution is -3.00. The van der Waals surface area contributed by atoms with Crippen LogP contribution in [0.3, 0.4) is 0 Å². The molecule has 0 aliphatic heterocycles. The number of fused-ring (bicyclic) bond motifs is 2. The van der Waals surface area contributed by atoms with Gasteiger partial charge in [0.15, 0.2) is 12.4 Å². The standard InChI is InChI=1S/C20H18N2.2ClH/c1-3-11-19-17(7-1)9-5-13-21(19)15-16-22-14-6-10-18-8-2-4-12-20(18)22;;/h1-14H,15-16H2;2*1H/q+2;;/p-2. The Morgan fingerprint density at radius 3 is 1.33 bits per heavy atom. The van der Waals surface area contributed by atoms with E-state index in [1.54, 1.807) is 0 Å². The summed E-state index contributed by atoms with van der Waals surface area (Å²) in [5.74, 6) is 0. The number of para-hydroxylation sites is 2. The summed E-state index contributed by atoms with van der Waals surface area (Å²) >= 11 is 0. The van der Waals surface area contributed by atoms with E-state index >= 15 is 0 Å². The molecule has 2 heterocycles. The molecule has 0 aliphatic carbocycles. The minimum atomic E-state index is 0. The number of rotatable bonds is 3. The molecule has 0 aliphatic rings. The summed E-state index contributed by atoms with van der Waals surface area (Å²) in [4.78, 5) is 0. The van der Waals surface area contributed by atoms with Gasteiger partial charge in [-0.3, -0.25) is 0 Å². The third-order valence-corrected chi connectivity index (χ3v) is 4.16. The molecule has 0 unspecified atom stereocenters. The topological polar surface area (TPSA) is 7.76 Å². The highest BCUT2D eigenvalue weighted by atomic mass is 35.5. The van der Waals surface area contributed by atoms with Crippen LogP contribution in [0, 0.1) is 0 Å². The van der Waals surface area contributed by atoms with Crippen LogP contribution in [0.2, 0.25) is 0 Å². The number of halogens is 2. The number of hydrogen-bond acceptors (Lipinski definition) is 0. The first-order valence-electron chi connectivity index (χ1n) is 7.66. The molecule has 0 atom stereocenters. The Bertz CT molecular complexity index is 864. The first-order valence-corrected chi connectivity index (χ1v) is 7.66. The average molecular weight is 357 g/mol. The second-order valence-electron chi connectivity index (χ2n) is 5.52. The molecule has 0 fully saturated rings. The molecular weight excluding hydrogens is 339 g/mol. The monoisotopic (exact) mass is 356 g/mol. The van der Waals surface area contributed by atoms with Gasteiger partial charge < -0.3 is 24.8 Å². The summed E-state index contributed by atoms with van der Waals surface area (Å²) in [5.41, 5.74) is 2.57. The van der Waals surface area contributed by atoms with Crippen LogP contribution in [0.5, 0.6) is 0 Å². The smallest absolute Gasteiger partial charge is 0.212 e. The number of pyridine rings is 2. The minimum Gasteiger partial charge on any atom is -1.00 e. The maximum atomic E-state index is 2.32. The van der Waals surface area contributed by atoms with E-state index in [0.29, 0.717) is 0 Å². The lowest BCUT2D eigenvalue weighted by molar-refractivity contribution is -0.754. The lowest BCUT2D eigenvalue weighted by Gasteiger charge is -2.02. The molecule has 2 aromatic carbocycles. The third kappa shape index (κ3) is 3.50. The molecule has 0 saturated heterocycles. The molecule has 4 rings (SSSR count). The van der Waals surface area contributed by atoms with Crippen LogP contribution in [-0.4, -0.2) is 0 Å². The van der Waals surface area contributed by atoms with E-state index in [4.69, 9.17) is 0 Å². The number of aromatic nitrogens is 2. The summed E-state index contributed by atoms with van der Waals surface area (Å²) in [5, 5.41) is 2.57. The summed E-state index contributed by atoms with van der Waals surface area (Å²) in [6.45, 7) is 1.92. The van der Waals surface area contributed by atoms with E-state index < -0.39 is 0 Å². The van der Waals surface area contributed by atoms with Crippen LogP contribution in [0.4, 0.5) is 0 Å². The highest BCUT2D eigenvalue weighted by Crippen LogP contribution is 2.09. The van der Waals surface area contributed by atoms with Gasteiger partial charge in [0.1, 0.15) is 0 Å². The molecule has 4 aromatic rings. The maximum absolute atomic E-state index is 2.32. The zero-order chi connectivity index (χ0) is 14.8. The molecule has 24 heavy (non-hydrogen) atoms. The van der Waals surface area contributed by atoms with E-state index in [1.165, 1.54) is 21.8 Å². The van der Waals surface area contributed by atoms with Crippen molar-refractivity contribution in [2.75, 3.05) is 0 Å². The highest BCUT2D eigenvalue weighted by molar-refractivity contribution is 5.75. The Kier molecular flexibility index (Phi) is 6.13. The molecule has 122 valence electrons. The van der Waals surface area contributed by atoms with Gasteiger partial charge in [0.25, 0.3) is 0 Å². The van der Waals surface area contributed by atoms with Crippen molar-refractivity contribution in [1.82, 2.24) is 0 Å². The predicted molar refractivity (Wildman–Crippen MR) is 88.3 cm³/mol. The van der Waals surface area contributed by atoms with Gasteiger partial charge in [0.2, 0.25) is 24.1 Å². The van der Waals surface area contributed by atoms with Gasteiger partial charge in [-0.1, -0.05) is 24.3 Å². The summed E-state index contributed by atoms with van der Waals surface area (Å²) in [7, 11) is 0. The Balaban J connectivity index is 0.00000104. The second-order valence-corrected chi connectivity index (χ2v) is 5.52. The van der Waals surface area contributed by atoms with E-state index in [2.05, 4.69) is 94.3 Å². The van der Waals surface area contributed by atoms with Gasteiger partial charge in [-0.2, -0.15) is 9.13 Å². The van der Waals surface area contributed by atoms with Gasteiger partial charge in [-0.25, -0.2) is 0 Å². The molecule has 0 bridgehead atoms. The maximum Gasteiger partial charge on any atom is 0.212 e. The molecule has 0 saturated carbocycles. The van der Waals surface area contributed by atoms with Gasteiger partial charge >= 0.3 is 0 Å². The summed E-state index contributed by atoms with van der Waals surface area (Å²) in [6.07, 6.45) is 4.32. The van der Waals surface area contributed by atoms with Gasteiger partial charge in [-0.15, -0.1) is 0 Å². The fourth-order valence-electron chi connectivity index (χ4n) is 3.05. The lowest BCUT2D eigenvalue weighted by atomic mass is 10.2. The van der Waals surface area contributed by atoms with Gasteiger partial charge in [0.05, 0.1) is 0 Å². The van der Waals surface area contributed by atoms with Crippen molar-refractivity contribution in [2.24, 2.45) is 0 Å². The fourth-order valence-corrected chi connectivity index (χ4v) is 3.05. The van der Waals surface area contributed by atoms with Crippen molar-refractivity contribution in [2.45, 2.75) is 13.1 Å². The molecule has 2 nitrogen and oxygen atoms in total. The van der Waals surface area contributed by atoms with Gasteiger partial charge in [-0.05, 0) is 24.3 Å². The largest absolute Gasteiger partial charge is 1.00 e. The van der Waals surface area contributed by atoms with E-state index in [9.17, 15) is 0 Å². The van der Waals surface area contributed by atoms with Crippen LogP contribution >= 0.6 is 0 Å². The number of benzene rings is 2. The van der Waals surface area contributed by atoms with E-state index in [1.807, 2.05) is 0 Å². The van der Waals surface area contributed by atoms with Gasteiger partial charge in [0, 0.05) is 35.0 Å². The SMILES string of the molecule is [Cl-].[Cl-].c1ccc2c(c1)ccc[n+]2CC[n+]1cccc2ccccc21. The molecule has 0 spiro atoms. The first kappa shape index (κ1) is 18.2. The summed E-state index contributed by atoms with van der Waals surface area (Å²) in [6, 6.07) is 25.6. The summed E-state index contributed by atoms with van der Waals surface area (Å²) < 4.78 is 4.65. The fraction of sp³-hybridized carbons (Fsp3) is 0.100. The molecule has 0 radical (unpaired) electrons. The number of hydrogen-bond donors (Lipinski definition) is 0. The van der Waals surface area contributed by atoms with Crippen LogP contribution in [0.1, 0.15) is 0 Å². The second kappa shape index (κ2) is 8.09. The van der Waals surface area contributed by atoms with Crippen molar-refractivity contribution in [3.05, 3.63) is 85.2 Å². The van der Waals surface area contributed by atoms with Crippen LogP contribution < -0.4 is 33.9 Å². The zero-order valence-corrected chi connectivity index (χ0v) is 14.7. The van der Waals surface area contributed by atoms with Crippen LogP contribution in [-0.2, 0) is 13.1 Å². The quantitative estimate of drug-likeness (QED) is 0.352.